The largest absolute Gasteiger partial charge is 0.393 e. The van der Waals surface area contributed by atoms with Crippen LogP contribution in [-0.2, 0) is 0 Å². The van der Waals surface area contributed by atoms with Crippen LogP contribution in [0.5, 0.6) is 0 Å². The highest BCUT2D eigenvalue weighted by molar-refractivity contribution is 4.90. The summed E-state index contributed by atoms with van der Waals surface area (Å²) in [5.41, 5.74) is 1.15. The van der Waals surface area contributed by atoms with Gasteiger partial charge in [-0.05, 0) is 25.7 Å². The van der Waals surface area contributed by atoms with Crippen molar-refractivity contribution in [1.29, 1.82) is 0 Å². The highest BCUT2D eigenvalue weighted by atomic mass is 16.3. The quantitative estimate of drug-likeness (QED) is 0.597. The Morgan fingerprint density at radius 3 is 2.40 bits per heavy atom. The minimum atomic E-state index is -0.156. The Labute approximate surface area is 63.8 Å². The molecule has 0 heterocycles. The first-order chi connectivity index (χ1) is 4.57. The van der Waals surface area contributed by atoms with Crippen molar-refractivity contribution < 1.29 is 5.11 Å². The summed E-state index contributed by atoms with van der Waals surface area (Å²) < 4.78 is 0. The Morgan fingerprint density at radius 2 is 2.10 bits per heavy atom. The summed E-state index contributed by atoms with van der Waals surface area (Å²) in [4.78, 5) is 0. The third-order valence-corrected chi connectivity index (χ3v) is 1.75. The Hall–Kier alpha value is -0.300. The Balaban J connectivity index is 3.61. The molecule has 0 saturated carbocycles. The molecule has 0 fully saturated rings. The summed E-state index contributed by atoms with van der Waals surface area (Å²) in [5, 5.41) is 9.33. The van der Waals surface area contributed by atoms with Crippen LogP contribution in [0.3, 0.4) is 0 Å². The van der Waals surface area contributed by atoms with Gasteiger partial charge in [0, 0.05) is 0 Å². The summed E-state index contributed by atoms with van der Waals surface area (Å²) in [6, 6.07) is 0. The Morgan fingerprint density at radius 1 is 1.60 bits per heavy atom. The lowest BCUT2D eigenvalue weighted by Gasteiger charge is -2.16. The molecule has 1 heteroatoms. The van der Waals surface area contributed by atoms with E-state index in [1.165, 1.54) is 0 Å². The number of aliphatic hydroxyl groups excluding tert-OH is 1. The first-order valence-corrected chi connectivity index (χ1v) is 3.90. The summed E-state index contributed by atoms with van der Waals surface area (Å²) in [6.45, 7) is 9.86. The van der Waals surface area contributed by atoms with Crippen molar-refractivity contribution >= 4 is 0 Å². The van der Waals surface area contributed by atoms with Crippen LogP contribution >= 0.6 is 0 Å². The van der Waals surface area contributed by atoms with Gasteiger partial charge in [0.25, 0.3) is 0 Å². The number of allylic oxidation sites excluding steroid dienone is 1. The summed E-state index contributed by atoms with van der Waals surface area (Å²) in [7, 11) is 0. The van der Waals surface area contributed by atoms with Crippen molar-refractivity contribution in [2.75, 3.05) is 0 Å². The summed E-state index contributed by atoms with van der Waals surface area (Å²) in [5.74, 6) is 0.363. The van der Waals surface area contributed by atoms with Crippen LogP contribution in [0.4, 0.5) is 0 Å². The van der Waals surface area contributed by atoms with E-state index in [1.54, 1.807) is 0 Å². The summed E-state index contributed by atoms with van der Waals surface area (Å²) in [6.07, 6.45) is 1.63. The molecule has 0 aliphatic heterocycles. The fourth-order valence-electron chi connectivity index (χ4n) is 1.09. The third kappa shape index (κ3) is 3.67. The second kappa shape index (κ2) is 4.51. The molecular formula is C9H18O. The van der Waals surface area contributed by atoms with Crippen molar-refractivity contribution in [1.82, 2.24) is 0 Å². The second-order valence-electron chi connectivity index (χ2n) is 3.11. The molecule has 1 N–H and O–H groups in total. The van der Waals surface area contributed by atoms with E-state index in [0.717, 1.165) is 18.4 Å². The molecule has 2 atom stereocenters. The molecule has 0 rings (SSSR count). The molecule has 0 aliphatic rings. The lowest BCUT2D eigenvalue weighted by atomic mass is 9.96. The molecule has 0 bridgehead atoms. The van der Waals surface area contributed by atoms with Gasteiger partial charge in [-0.2, -0.15) is 0 Å². The number of hydrogen-bond donors (Lipinski definition) is 1. The minimum Gasteiger partial charge on any atom is -0.393 e. The second-order valence-corrected chi connectivity index (χ2v) is 3.11. The van der Waals surface area contributed by atoms with Gasteiger partial charge in [-0.3, -0.25) is 0 Å². The maximum atomic E-state index is 9.33. The van der Waals surface area contributed by atoms with Gasteiger partial charge in [0.1, 0.15) is 0 Å². The Kier molecular flexibility index (Phi) is 4.37. The van der Waals surface area contributed by atoms with Gasteiger partial charge >= 0.3 is 0 Å². The predicted molar refractivity (Wildman–Crippen MR) is 44.9 cm³/mol. The monoisotopic (exact) mass is 142 g/mol. The zero-order chi connectivity index (χ0) is 8.15. The topological polar surface area (TPSA) is 20.2 Å². The van der Waals surface area contributed by atoms with E-state index in [4.69, 9.17) is 0 Å². The van der Waals surface area contributed by atoms with E-state index in [1.807, 2.05) is 13.8 Å². The Bertz CT molecular complexity index is 107. The first-order valence-electron chi connectivity index (χ1n) is 3.90. The third-order valence-electron chi connectivity index (χ3n) is 1.75. The zero-order valence-electron chi connectivity index (χ0n) is 7.22. The molecule has 2 unspecified atom stereocenters. The average molecular weight is 142 g/mol. The highest BCUT2D eigenvalue weighted by Crippen LogP contribution is 2.14. The average Bonchev–Trinajstić information content (AvgIpc) is 1.85. The van der Waals surface area contributed by atoms with Crippen LogP contribution in [0, 0.1) is 5.92 Å². The first kappa shape index (κ1) is 9.70. The molecule has 1 nitrogen and oxygen atoms in total. The van der Waals surface area contributed by atoms with Gasteiger partial charge in [0.05, 0.1) is 6.10 Å². The molecule has 0 aromatic rings. The smallest absolute Gasteiger partial charge is 0.0566 e. The number of rotatable bonds is 4. The van der Waals surface area contributed by atoms with Crippen molar-refractivity contribution in [2.45, 2.75) is 39.7 Å². The van der Waals surface area contributed by atoms with Gasteiger partial charge < -0.3 is 5.11 Å². The molecule has 0 aromatic heterocycles. The normalized spacial score (nSPS) is 16.4. The molecule has 10 heavy (non-hydrogen) atoms. The van der Waals surface area contributed by atoms with Crippen LogP contribution in [0.1, 0.15) is 33.6 Å². The van der Waals surface area contributed by atoms with Crippen LogP contribution < -0.4 is 0 Å². The van der Waals surface area contributed by atoms with E-state index < -0.39 is 0 Å². The maximum absolute atomic E-state index is 9.33. The van der Waals surface area contributed by atoms with Crippen molar-refractivity contribution in [3.05, 3.63) is 12.2 Å². The van der Waals surface area contributed by atoms with Crippen molar-refractivity contribution in [3.63, 3.8) is 0 Å². The van der Waals surface area contributed by atoms with Gasteiger partial charge in [-0.1, -0.05) is 19.4 Å². The minimum absolute atomic E-state index is 0.156. The van der Waals surface area contributed by atoms with E-state index in [2.05, 4.69) is 13.5 Å². The van der Waals surface area contributed by atoms with Crippen LogP contribution in [0.2, 0.25) is 0 Å². The molecule has 0 aliphatic carbocycles. The van der Waals surface area contributed by atoms with Gasteiger partial charge in [0.2, 0.25) is 0 Å². The summed E-state index contributed by atoms with van der Waals surface area (Å²) >= 11 is 0. The van der Waals surface area contributed by atoms with E-state index in [9.17, 15) is 5.11 Å². The fourth-order valence-corrected chi connectivity index (χ4v) is 1.09. The van der Waals surface area contributed by atoms with Gasteiger partial charge in [-0.15, -0.1) is 6.58 Å². The SMILES string of the molecule is C=C(C)CC(C)C(O)CC. The molecular weight excluding hydrogens is 124 g/mol. The molecule has 0 aromatic carbocycles. The zero-order valence-corrected chi connectivity index (χ0v) is 7.22. The number of hydrogen-bond acceptors (Lipinski definition) is 1. The number of aliphatic hydroxyl groups is 1. The molecule has 0 amide bonds. The van der Waals surface area contributed by atoms with Gasteiger partial charge in [0.15, 0.2) is 0 Å². The fraction of sp³-hybridized carbons (Fsp3) is 0.778. The molecule has 0 radical (unpaired) electrons. The highest BCUT2D eigenvalue weighted by Gasteiger charge is 2.10. The van der Waals surface area contributed by atoms with Crippen molar-refractivity contribution in [3.8, 4) is 0 Å². The lowest BCUT2D eigenvalue weighted by Crippen LogP contribution is -2.16. The van der Waals surface area contributed by atoms with Crippen molar-refractivity contribution in [2.24, 2.45) is 5.92 Å². The van der Waals surface area contributed by atoms with Crippen LogP contribution in [-0.4, -0.2) is 11.2 Å². The lowest BCUT2D eigenvalue weighted by molar-refractivity contribution is 0.113. The maximum Gasteiger partial charge on any atom is 0.0566 e. The van der Waals surface area contributed by atoms with Gasteiger partial charge in [-0.25, -0.2) is 0 Å². The molecule has 0 spiro atoms. The van der Waals surface area contributed by atoms with E-state index in [-0.39, 0.29) is 6.10 Å². The van der Waals surface area contributed by atoms with Crippen LogP contribution in [0.15, 0.2) is 12.2 Å². The molecule has 0 saturated heterocycles. The standard InChI is InChI=1S/C9H18O/c1-5-9(10)8(4)6-7(2)3/h8-10H,2,5-6H2,1,3-4H3. The van der Waals surface area contributed by atoms with Crippen LogP contribution in [0.25, 0.3) is 0 Å². The van der Waals surface area contributed by atoms with E-state index >= 15 is 0 Å². The predicted octanol–water partition coefficient (Wildman–Crippen LogP) is 2.36. The van der Waals surface area contributed by atoms with E-state index in [0.29, 0.717) is 5.92 Å². The molecule has 60 valence electrons.